The molecular weight excluding hydrogens is 678 g/mol. The van der Waals surface area contributed by atoms with E-state index in [1.54, 1.807) is 0 Å². The number of allylic oxidation sites excluding steroid dienone is 8. The third-order valence-electron chi connectivity index (χ3n) is 5.79. The molecule has 7 nitrogen and oxygen atoms in total. The van der Waals surface area contributed by atoms with E-state index in [1.807, 2.05) is 27.7 Å². The highest BCUT2D eigenvalue weighted by Crippen LogP contribution is 2.09. The van der Waals surface area contributed by atoms with Crippen molar-refractivity contribution in [1.29, 1.82) is 0 Å². The van der Waals surface area contributed by atoms with Crippen LogP contribution < -0.4 is 5.73 Å². The minimum Gasteiger partial charge on any atom is -0.328 e. The molecule has 0 fully saturated rings. The van der Waals surface area contributed by atoms with Crippen LogP contribution in [0.25, 0.3) is 0 Å². The van der Waals surface area contributed by atoms with E-state index in [0.717, 1.165) is 29.6 Å². The van der Waals surface area contributed by atoms with Gasteiger partial charge >= 0.3 is 0 Å². The maximum atomic E-state index is 11.0. The van der Waals surface area contributed by atoms with Gasteiger partial charge in [0.05, 0.1) is 11.4 Å². The molecule has 0 spiro atoms. The lowest BCUT2D eigenvalue weighted by Crippen LogP contribution is -2.11. The van der Waals surface area contributed by atoms with E-state index in [4.69, 9.17) is 5.73 Å². The van der Waals surface area contributed by atoms with E-state index in [9.17, 15) is 19.2 Å². The fourth-order valence-electron chi connectivity index (χ4n) is 3.10. The highest BCUT2D eigenvalue weighted by Gasteiger charge is 2.05. The second-order valence-electron chi connectivity index (χ2n) is 13.4. The van der Waals surface area contributed by atoms with Gasteiger partial charge in [0.1, 0.15) is 0 Å². The quantitative estimate of drug-likeness (QED) is 0.0773. The minimum atomic E-state index is -0.380. The molecule has 0 amide bonds. The molecule has 0 bridgehead atoms. The van der Waals surface area contributed by atoms with Gasteiger partial charge < -0.3 is 5.73 Å². The van der Waals surface area contributed by atoms with Gasteiger partial charge in [0.2, 0.25) is 0 Å². The third kappa shape index (κ3) is 58.0. The molecule has 0 radical (unpaired) electrons. The predicted octanol–water partition coefficient (Wildman–Crippen LogP) is 10.9. The van der Waals surface area contributed by atoms with Gasteiger partial charge in [-0.15, -0.1) is 0 Å². The molecule has 0 aromatic heterocycles. The molecule has 0 saturated heterocycles. The summed E-state index contributed by atoms with van der Waals surface area (Å²) < 4.78 is 0. The van der Waals surface area contributed by atoms with Crippen molar-refractivity contribution in [1.82, 2.24) is 0 Å². The lowest BCUT2D eigenvalue weighted by Gasteiger charge is -2.04. The van der Waals surface area contributed by atoms with Gasteiger partial charge in [0, 0.05) is 44.6 Å². The first-order chi connectivity index (χ1) is 22.4. The summed E-state index contributed by atoms with van der Waals surface area (Å²) >= 11 is 3.38. The Morgan fingerprint density at radius 3 is 1.08 bits per heavy atom. The molecule has 284 valence electrons. The number of hydrogen-bond acceptors (Lipinski definition) is 7. The van der Waals surface area contributed by atoms with Crippen molar-refractivity contribution in [2.45, 2.75) is 174 Å². The van der Waals surface area contributed by atoms with E-state index in [1.165, 1.54) is 55.9 Å². The predicted molar refractivity (Wildman–Crippen MR) is 221 cm³/mol. The maximum absolute atomic E-state index is 11.0. The number of rotatable bonds is 15. The van der Waals surface area contributed by atoms with Crippen LogP contribution in [0.3, 0.4) is 0 Å². The zero-order valence-electron chi connectivity index (χ0n) is 34.5. The second kappa shape index (κ2) is 36.7. The largest absolute Gasteiger partial charge is 0.328 e. The Kier molecular flexibility index (Phi) is 41.8. The Morgan fingerprint density at radius 1 is 0.531 bits per heavy atom. The molecule has 2 N–H and O–H groups in total. The minimum absolute atomic E-state index is 0.270. The summed E-state index contributed by atoms with van der Waals surface area (Å²) in [5, 5.41) is 0.980. The molecule has 49 heavy (non-hydrogen) atoms. The third-order valence-corrected chi connectivity index (χ3v) is 6.11. The number of halogens is 1. The first kappa shape index (κ1) is 55.8. The average Bonchev–Trinajstić information content (AvgIpc) is 2.92. The zero-order valence-corrected chi connectivity index (χ0v) is 36.1. The van der Waals surface area contributed by atoms with Crippen LogP contribution in [0, 0.1) is 0 Å². The van der Waals surface area contributed by atoms with E-state index >= 15 is 0 Å². The lowest BCUT2D eigenvalue weighted by molar-refractivity contribution is -0.135. The molecule has 0 aromatic rings. The molecular formula is C41H74BrN3O4. The highest BCUT2D eigenvalue weighted by atomic mass is 79.9. The van der Waals surface area contributed by atoms with Gasteiger partial charge in [-0.05, 0) is 121 Å². The van der Waals surface area contributed by atoms with Crippen molar-refractivity contribution in [3.8, 4) is 0 Å². The number of Topliss-reactive ketones (excluding diaryl/α,β-unsaturated/α-hetero) is 4. The van der Waals surface area contributed by atoms with E-state index in [0.29, 0.717) is 31.0 Å². The number of aliphatic imine (C=N–C) groups is 2. The van der Waals surface area contributed by atoms with Gasteiger partial charge in [-0.3, -0.25) is 29.2 Å². The molecule has 8 heteroatoms. The molecule has 0 aliphatic carbocycles. The average molecular weight is 753 g/mol. The summed E-state index contributed by atoms with van der Waals surface area (Å²) in [6.07, 6.45) is 14.2. The van der Waals surface area contributed by atoms with Crippen LogP contribution in [0.4, 0.5) is 0 Å². The smallest absolute Gasteiger partial charge is 0.198 e. The lowest BCUT2D eigenvalue weighted by atomic mass is 10.1. The molecule has 0 unspecified atom stereocenters. The second-order valence-corrected chi connectivity index (χ2v) is 14.0. The van der Waals surface area contributed by atoms with Crippen LogP contribution in [0.15, 0.2) is 56.6 Å². The Hall–Kier alpha value is -2.58. The molecule has 0 atom stereocenters. The van der Waals surface area contributed by atoms with Gasteiger partial charge in [-0.25, -0.2) is 0 Å². The molecule has 0 rings (SSSR count). The van der Waals surface area contributed by atoms with E-state index in [-0.39, 0.29) is 23.1 Å². The van der Waals surface area contributed by atoms with Gasteiger partial charge in [0.25, 0.3) is 0 Å². The van der Waals surface area contributed by atoms with Crippen molar-refractivity contribution in [2.24, 2.45) is 15.7 Å². The number of carbonyl (C=O) groups is 4. The standard InChI is InChI=1S/C14H22O2.C10H17Br.C10H20N2.C4H6O2.C3H9N/c1-11(2)7-5-8-12(3)9-6-10-14(16)13(4)15;1-9(2)5-4-6-10(3)7-8-11;1-7(2)11-9(5)10(6)12-8(3)4;1-3(5)4(2)6;1-3(2)4/h7,9H,5-6,8,10H2,1-4H3;5,7H,4,6,8H2,1-3H3;7-8H,1-6H3;1-2H3;3H,4H2,1-2H3/b12-9+;10-7+;;;. The zero-order chi connectivity index (χ0) is 39.7. The van der Waals surface area contributed by atoms with Gasteiger partial charge in [-0.1, -0.05) is 76.4 Å². The summed E-state index contributed by atoms with van der Waals surface area (Å²) in [4.78, 5) is 50.1. The van der Waals surface area contributed by atoms with E-state index in [2.05, 4.69) is 119 Å². The Morgan fingerprint density at radius 2 is 0.837 bits per heavy atom. The van der Waals surface area contributed by atoms with Crippen molar-refractivity contribution in [2.75, 3.05) is 5.33 Å². The number of nitrogens with two attached hydrogens (primary N) is 1. The van der Waals surface area contributed by atoms with Crippen LogP contribution in [0.1, 0.15) is 156 Å². The van der Waals surface area contributed by atoms with Gasteiger partial charge in [0.15, 0.2) is 23.1 Å². The number of hydrogen-bond donors (Lipinski definition) is 1. The van der Waals surface area contributed by atoms with Crippen LogP contribution in [0.5, 0.6) is 0 Å². The van der Waals surface area contributed by atoms with Crippen LogP contribution in [0.2, 0.25) is 0 Å². The summed E-state index contributed by atoms with van der Waals surface area (Å²) in [6, 6.07) is 1.06. The Labute approximate surface area is 310 Å². The molecule has 0 aromatic carbocycles. The van der Waals surface area contributed by atoms with Crippen molar-refractivity contribution in [3.63, 3.8) is 0 Å². The number of ketones is 4. The monoisotopic (exact) mass is 751 g/mol. The number of carbonyl (C=O) groups excluding carboxylic acids is 4. The molecule has 0 heterocycles. The van der Waals surface area contributed by atoms with Crippen molar-refractivity contribution < 1.29 is 19.2 Å². The highest BCUT2D eigenvalue weighted by molar-refractivity contribution is 9.09. The van der Waals surface area contributed by atoms with Gasteiger partial charge in [-0.2, -0.15) is 0 Å². The van der Waals surface area contributed by atoms with E-state index < -0.39 is 0 Å². The van der Waals surface area contributed by atoms with Crippen LogP contribution in [-0.4, -0.2) is 58.0 Å². The van der Waals surface area contributed by atoms with Crippen molar-refractivity contribution >= 4 is 50.5 Å². The Bertz CT molecular complexity index is 1080. The molecule has 0 aliphatic rings. The Balaban J connectivity index is -0.000000176. The SMILES string of the molecule is CC(=NC(C)C)C(C)=NC(C)C.CC(=O)C(=O)CC/C=C(\C)CCC=C(C)C.CC(=O)C(C)=O.CC(C)=CCC/C(C)=C/CBr.CC(C)N. The number of nitrogens with zero attached hydrogens (tertiary/aromatic N) is 2. The first-order valence-electron chi connectivity index (χ1n) is 17.4. The maximum Gasteiger partial charge on any atom is 0.198 e. The fraction of sp³-hybridized carbons (Fsp3) is 0.659. The summed E-state index contributed by atoms with van der Waals surface area (Å²) in [5.74, 6) is -1.37. The fourth-order valence-corrected chi connectivity index (χ4v) is 3.65. The van der Waals surface area contributed by atoms with Crippen molar-refractivity contribution in [3.05, 3.63) is 46.6 Å². The summed E-state index contributed by atoms with van der Waals surface area (Å²) in [5.41, 5.74) is 12.7. The van der Waals surface area contributed by atoms with Crippen LogP contribution >= 0.6 is 15.9 Å². The molecule has 0 saturated carbocycles. The summed E-state index contributed by atoms with van der Waals surface area (Å²) in [6.45, 7) is 32.8. The molecule has 0 aliphatic heterocycles. The number of alkyl halides is 1. The summed E-state index contributed by atoms with van der Waals surface area (Å²) in [7, 11) is 0. The topological polar surface area (TPSA) is 119 Å². The first-order valence-corrected chi connectivity index (χ1v) is 18.6. The van der Waals surface area contributed by atoms with Crippen LogP contribution in [-0.2, 0) is 19.2 Å². The normalized spacial score (nSPS) is 11.5.